The first kappa shape index (κ1) is 20.9. The number of alkyl halides is 1. The Bertz CT molecular complexity index is 1230. The first-order valence-electron chi connectivity index (χ1n) is 9.91. The third-order valence-corrected chi connectivity index (χ3v) is 5.72. The summed E-state index contributed by atoms with van der Waals surface area (Å²) in [4.78, 5) is 13.3. The SMILES string of the molecule is Cc1nn(Cc2ccc(C#N)cc2)c(C)c1NC(=O)C1=CC(C)(Br)Nc2ccccc21. The molecule has 4 rings (SSSR count). The van der Waals surface area contributed by atoms with Crippen molar-refractivity contribution in [1.29, 1.82) is 5.26 Å². The molecule has 1 aromatic heterocycles. The van der Waals surface area contributed by atoms with Crippen LogP contribution in [0, 0.1) is 25.2 Å². The van der Waals surface area contributed by atoms with E-state index in [0.717, 1.165) is 28.2 Å². The number of nitrogens with zero attached hydrogens (tertiary/aromatic N) is 3. The number of rotatable bonds is 4. The van der Waals surface area contributed by atoms with Gasteiger partial charge in [-0.2, -0.15) is 10.4 Å². The molecule has 0 fully saturated rings. The summed E-state index contributed by atoms with van der Waals surface area (Å²) in [6.45, 7) is 6.35. The number of aromatic nitrogens is 2. The van der Waals surface area contributed by atoms with Crippen LogP contribution in [0.5, 0.6) is 0 Å². The van der Waals surface area contributed by atoms with Gasteiger partial charge in [-0.3, -0.25) is 9.48 Å². The summed E-state index contributed by atoms with van der Waals surface area (Å²) in [6.07, 6.45) is 1.89. The van der Waals surface area contributed by atoms with E-state index in [9.17, 15) is 4.79 Å². The zero-order valence-electron chi connectivity index (χ0n) is 17.5. The topological polar surface area (TPSA) is 82.7 Å². The van der Waals surface area contributed by atoms with E-state index in [1.807, 2.05) is 67.9 Å². The molecule has 0 radical (unpaired) electrons. The van der Waals surface area contributed by atoms with Crippen LogP contribution < -0.4 is 10.6 Å². The van der Waals surface area contributed by atoms with Gasteiger partial charge in [0.15, 0.2) is 0 Å². The number of anilines is 2. The number of carbonyl (C=O) groups is 1. The maximum atomic E-state index is 13.3. The summed E-state index contributed by atoms with van der Waals surface area (Å²) in [5, 5.41) is 20.0. The van der Waals surface area contributed by atoms with Crippen LogP contribution in [-0.2, 0) is 11.3 Å². The molecule has 1 atom stereocenters. The molecule has 1 unspecified atom stereocenters. The molecule has 6 nitrogen and oxygen atoms in total. The number of fused-ring (bicyclic) bond motifs is 1. The number of amides is 1. The minimum atomic E-state index is -0.516. The lowest BCUT2D eigenvalue weighted by Crippen LogP contribution is -2.31. The van der Waals surface area contributed by atoms with E-state index in [1.54, 1.807) is 12.1 Å². The van der Waals surface area contributed by atoms with Crippen molar-refractivity contribution in [2.24, 2.45) is 0 Å². The molecule has 3 aromatic rings. The van der Waals surface area contributed by atoms with E-state index in [0.29, 0.717) is 23.4 Å². The Labute approximate surface area is 189 Å². The van der Waals surface area contributed by atoms with Crippen molar-refractivity contribution in [3.05, 3.63) is 82.7 Å². The molecule has 2 heterocycles. The molecule has 0 saturated carbocycles. The highest BCUT2D eigenvalue weighted by Gasteiger charge is 2.29. The molecular weight excluding hydrogens is 454 g/mol. The van der Waals surface area contributed by atoms with Crippen LogP contribution in [0.4, 0.5) is 11.4 Å². The van der Waals surface area contributed by atoms with Gasteiger partial charge in [0.2, 0.25) is 0 Å². The normalized spacial score (nSPS) is 17.2. The second-order valence-electron chi connectivity index (χ2n) is 7.77. The van der Waals surface area contributed by atoms with Gasteiger partial charge in [0.25, 0.3) is 5.91 Å². The van der Waals surface area contributed by atoms with Gasteiger partial charge in [0.05, 0.1) is 35.3 Å². The molecule has 1 amide bonds. The maximum Gasteiger partial charge on any atom is 0.256 e. The molecule has 1 aliphatic rings. The van der Waals surface area contributed by atoms with E-state index >= 15 is 0 Å². The van der Waals surface area contributed by atoms with Gasteiger partial charge in [-0.05, 0) is 50.6 Å². The number of hydrogen-bond acceptors (Lipinski definition) is 4. The quantitative estimate of drug-likeness (QED) is 0.411. The maximum absolute atomic E-state index is 13.3. The zero-order valence-corrected chi connectivity index (χ0v) is 19.1. The smallest absolute Gasteiger partial charge is 0.256 e. The van der Waals surface area contributed by atoms with Crippen LogP contribution >= 0.6 is 15.9 Å². The molecule has 2 aromatic carbocycles. The second kappa shape index (κ2) is 8.05. The third kappa shape index (κ3) is 4.25. The number of benzene rings is 2. The summed E-state index contributed by atoms with van der Waals surface area (Å²) in [7, 11) is 0. The van der Waals surface area contributed by atoms with Gasteiger partial charge in [0, 0.05) is 16.8 Å². The predicted octanol–water partition coefficient (Wildman–Crippen LogP) is 4.98. The molecule has 0 saturated heterocycles. The fraction of sp³-hybridized carbons (Fsp3) is 0.208. The van der Waals surface area contributed by atoms with Crippen molar-refractivity contribution in [1.82, 2.24) is 9.78 Å². The highest BCUT2D eigenvalue weighted by Crippen LogP contribution is 2.37. The highest BCUT2D eigenvalue weighted by molar-refractivity contribution is 9.10. The summed E-state index contributed by atoms with van der Waals surface area (Å²) >= 11 is 3.63. The minimum absolute atomic E-state index is 0.177. The average molecular weight is 476 g/mol. The van der Waals surface area contributed by atoms with Crippen LogP contribution in [0.1, 0.15) is 35.0 Å². The number of nitrogens with one attached hydrogen (secondary N) is 2. The molecular formula is C24H22BrN5O. The standard InChI is InChI=1S/C24H22BrN5O/c1-15-22(16(2)30(29-15)14-18-10-8-17(13-26)9-11-18)27-23(31)20-12-24(3,25)28-21-7-5-4-6-19(20)21/h4-12,28H,14H2,1-3H3,(H,27,31). The van der Waals surface area contributed by atoms with Gasteiger partial charge in [-0.15, -0.1) is 0 Å². The average Bonchev–Trinajstić information content (AvgIpc) is 3.00. The van der Waals surface area contributed by atoms with Crippen LogP contribution in [-0.4, -0.2) is 20.1 Å². The molecule has 0 aliphatic carbocycles. The lowest BCUT2D eigenvalue weighted by Gasteiger charge is -2.30. The number of nitriles is 1. The molecule has 0 bridgehead atoms. The fourth-order valence-corrected chi connectivity index (χ4v) is 4.18. The first-order valence-corrected chi connectivity index (χ1v) is 10.7. The highest BCUT2D eigenvalue weighted by atomic mass is 79.9. The lowest BCUT2D eigenvalue weighted by molar-refractivity contribution is -0.111. The number of para-hydroxylation sites is 1. The number of halogens is 1. The molecule has 1 aliphatic heterocycles. The minimum Gasteiger partial charge on any atom is -0.367 e. The molecule has 156 valence electrons. The molecule has 2 N–H and O–H groups in total. The summed E-state index contributed by atoms with van der Waals surface area (Å²) < 4.78 is 1.35. The van der Waals surface area contributed by atoms with Crippen molar-refractivity contribution in [3.8, 4) is 6.07 Å². The largest absolute Gasteiger partial charge is 0.367 e. The lowest BCUT2D eigenvalue weighted by atomic mass is 9.96. The van der Waals surface area contributed by atoms with Crippen LogP contribution in [0.3, 0.4) is 0 Å². The third-order valence-electron chi connectivity index (χ3n) is 5.29. The Kier molecular flexibility index (Phi) is 5.42. The number of aryl methyl sites for hydroxylation is 1. The summed E-state index contributed by atoms with van der Waals surface area (Å²) in [6, 6.07) is 17.3. The van der Waals surface area contributed by atoms with E-state index in [-0.39, 0.29) is 5.91 Å². The van der Waals surface area contributed by atoms with Gasteiger partial charge in [0.1, 0.15) is 4.45 Å². The van der Waals surface area contributed by atoms with Crippen LogP contribution in [0.15, 0.2) is 54.6 Å². The number of carbonyl (C=O) groups excluding carboxylic acids is 1. The van der Waals surface area contributed by atoms with Gasteiger partial charge in [-0.25, -0.2) is 0 Å². The zero-order chi connectivity index (χ0) is 22.2. The van der Waals surface area contributed by atoms with Gasteiger partial charge >= 0.3 is 0 Å². The Balaban J connectivity index is 1.60. The van der Waals surface area contributed by atoms with Gasteiger partial charge in [-0.1, -0.05) is 46.3 Å². The van der Waals surface area contributed by atoms with Gasteiger partial charge < -0.3 is 10.6 Å². The van der Waals surface area contributed by atoms with Crippen molar-refractivity contribution >= 4 is 38.8 Å². The van der Waals surface area contributed by atoms with Crippen LogP contribution in [0.2, 0.25) is 0 Å². The molecule has 7 heteroatoms. The van der Waals surface area contributed by atoms with Crippen molar-refractivity contribution in [2.75, 3.05) is 10.6 Å². The molecule has 31 heavy (non-hydrogen) atoms. The van der Waals surface area contributed by atoms with Crippen LogP contribution in [0.25, 0.3) is 5.57 Å². The fourth-order valence-electron chi connectivity index (χ4n) is 3.73. The molecule has 0 spiro atoms. The van der Waals surface area contributed by atoms with Crippen molar-refractivity contribution in [2.45, 2.75) is 31.8 Å². The second-order valence-corrected chi connectivity index (χ2v) is 9.42. The number of hydrogen-bond donors (Lipinski definition) is 2. The Morgan fingerprint density at radius 1 is 1.23 bits per heavy atom. The predicted molar refractivity (Wildman–Crippen MR) is 126 cm³/mol. The first-order chi connectivity index (χ1) is 14.8. The summed E-state index contributed by atoms with van der Waals surface area (Å²) in [5.74, 6) is -0.177. The van der Waals surface area contributed by atoms with E-state index in [4.69, 9.17) is 5.26 Å². The Morgan fingerprint density at radius 2 is 1.94 bits per heavy atom. The van der Waals surface area contributed by atoms with Crippen molar-refractivity contribution in [3.63, 3.8) is 0 Å². The summed E-state index contributed by atoms with van der Waals surface area (Å²) in [5.41, 5.74) is 6.37. The van der Waals surface area contributed by atoms with E-state index in [2.05, 4.69) is 37.7 Å². The Hall–Kier alpha value is -3.37. The Morgan fingerprint density at radius 3 is 2.65 bits per heavy atom. The van der Waals surface area contributed by atoms with E-state index < -0.39 is 4.45 Å². The monoisotopic (exact) mass is 475 g/mol. The van der Waals surface area contributed by atoms with Crippen molar-refractivity contribution < 1.29 is 4.79 Å². The van der Waals surface area contributed by atoms with E-state index in [1.165, 1.54) is 0 Å².